The van der Waals surface area contributed by atoms with Crippen LogP contribution in [-0.4, -0.2) is 24.7 Å². The molecule has 0 spiro atoms. The van der Waals surface area contributed by atoms with Gasteiger partial charge in [0.25, 0.3) is 5.91 Å². The number of carbonyl (C=O) groups excluding carboxylic acids is 1. The number of fused-ring (bicyclic) bond motifs is 1. The van der Waals surface area contributed by atoms with E-state index in [1.807, 2.05) is 20.8 Å². The fraction of sp³-hybridized carbons (Fsp3) is 0.500. The van der Waals surface area contributed by atoms with Crippen LogP contribution in [0.15, 0.2) is 18.2 Å². The molecule has 0 N–H and O–H groups in total. The Morgan fingerprint density at radius 3 is 2.83 bits per heavy atom. The molecule has 1 aromatic carbocycles. The van der Waals surface area contributed by atoms with Crippen LogP contribution in [0, 0.1) is 5.82 Å². The van der Waals surface area contributed by atoms with E-state index in [0.717, 1.165) is 12.0 Å². The molecule has 98 valence electrons. The van der Waals surface area contributed by atoms with Crippen LogP contribution >= 0.6 is 0 Å². The number of rotatable bonds is 2. The van der Waals surface area contributed by atoms with Gasteiger partial charge in [-0.3, -0.25) is 4.79 Å². The molecular weight excluding hydrogens is 233 g/mol. The summed E-state index contributed by atoms with van der Waals surface area (Å²) in [4.78, 5) is 13.6. The summed E-state index contributed by atoms with van der Waals surface area (Å²) >= 11 is 0. The van der Waals surface area contributed by atoms with E-state index < -0.39 is 0 Å². The largest absolute Gasteiger partial charge is 0.366 e. The van der Waals surface area contributed by atoms with Crippen LogP contribution in [0.3, 0.4) is 0 Å². The third kappa shape index (κ3) is 2.88. The van der Waals surface area contributed by atoms with Crippen molar-refractivity contribution in [2.75, 3.05) is 18.1 Å². The molecule has 0 atom stereocenters. The molecule has 2 rings (SSSR count). The van der Waals surface area contributed by atoms with Crippen molar-refractivity contribution in [1.29, 1.82) is 0 Å². The lowest BCUT2D eigenvalue weighted by Gasteiger charge is -2.22. The highest BCUT2D eigenvalue weighted by Gasteiger charge is 2.26. The van der Waals surface area contributed by atoms with E-state index in [9.17, 15) is 9.18 Å². The summed E-state index contributed by atoms with van der Waals surface area (Å²) in [5, 5.41) is 0. The Morgan fingerprint density at radius 2 is 2.17 bits per heavy atom. The quantitative estimate of drug-likeness (QED) is 0.808. The molecule has 0 saturated heterocycles. The Balaban J connectivity index is 2.09. The zero-order valence-corrected chi connectivity index (χ0v) is 11.0. The maximum atomic E-state index is 13.2. The van der Waals surface area contributed by atoms with Crippen LogP contribution in [0.1, 0.15) is 26.3 Å². The van der Waals surface area contributed by atoms with E-state index in [1.54, 1.807) is 11.0 Å². The summed E-state index contributed by atoms with van der Waals surface area (Å²) in [6.07, 6.45) is 0.775. The molecule has 1 aliphatic rings. The third-order valence-electron chi connectivity index (χ3n) is 2.87. The third-order valence-corrected chi connectivity index (χ3v) is 2.87. The zero-order chi connectivity index (χ0) is 13.3. The Hall–Kier alpha value is -1.42. The van der Waals surface area contributed by atoms with Crippen molar-refractivity contribution in [3.8, 4) is 0 Å². The molecule has 0 bridgehead atoms. The van der Waals surface area contributed by atoms with Crippen molar-refractivity contribution in [1.82, 2.24) is 0 Å². The van der Waals surface area contributed by atoms with Crippen molar-refractivity contribution < 1.29 is 13.9 Å². The Bertz CT molecular complexity index is 465. The fourth-order valence-electron chi connectivity index (χ4n) is 1.97. The van der Waals surface area contributed by atoms with Crippen LogP contribution in [0.25, 0.3) is 0 Å². The highest BCUT2D eigenvalue weighted by atomic mass is 19.1. The number of halogens is 1. The van der Waals surface area contributed by atoms with E-state index in [4.69, 9.17) is 4.74 Å². The summed E-state index contributed by atoms with van der Waals surface area (Å²) in [6, 6.07) is 4.58. The minimum Gasteiger partial charge on any atom is -0.366 e. The highest BCUT2D eigenvalue weighted by Crippen LogP contribution is 2.28. The van der Waals surface area contributed by atoms with Gasteiger partial charge in [-0.25, -0.2) is 4.39 Å². The number of carbonyl (C=O) groups is 1. The fourth-order valence-corrected chi connectivity index (χ4v) is 1.97. The van der Waals surface area contributed by atoms with Crippen LogP contribution in [0.2, 0.25) is 0 Å². The molecule has 0 aromatic heterocycles. The van der Waals surface area contributed by atoms with Crippen molar-refractivity contribution in [3.63, 3.8) is 0 Å². The van der Waals surface area contributed by atoms with Crippen LogP contribution in [-0.2, 0) is 16.0 Å². The predicted octanol–water partition coefficient (Wildman–Crippen LogP) is 2.53. The Labute approximate surface area is 107 Å². The summed E-state index contributed by atoms with van der Waals surface area (Å²) < 4.78 is 18.7. The topological polar surface area (TPSA) is 29.5 Å². The number of anilines is 1. The number of hydrogen-bond acceptors (Lipinski definition) is 2. The van der Waals surface area contributed by atoms with Crippen LogP contribution in [0.4, 0.5) is 10.1 Å². The van der Waals surface area contributed by atoms with E-state index in [0.29, 0.717) is 12.2 Å². The zero-order valence-electron chi connectivity index (χ0n) is 11.0. The Morgan fingerprint density at radius 1 is 1.44 bits per heavy atom. The lowest BCUT2D eigenvalue weighted by atomic mass is 10.2. The smallest absolute Gasteiger partial charge is 0.253 e. The first-order valence-electron chi connectivity index (χ1n) is 6.09. The summed E-state index contributed by atoms with van der Waals surface area (Å²) in [5.74, 6) is -0.431. The minimum atomic E-state index is -0.347. The maximum absolute atomic E-state index is 13.2. The highest BCUT2D eigenvalue weighted by molar-refractivity contribution is 5.96. The molecule has 0 fully saturated rings. The average Bonchev–Trinajstić information content (AvgIpc) is 2.67. The predicted molar refractivity (Wildman–Crippen MR) is 68.2 cm³/mol. The van der Waals surface area contributed by atoms with Gasteiger partial charge in [0.1, 0.15) is 12.4 Å². The second-order valence-electron chi connectivity index (χ2n) is 5.47. The van der Waals surface area contributed by atoms with Crippen LogP contribution in [0.5, 0.6) is 0 Å². The first-order chi connectivity index (χ1) is 8.37. The molecule has 1 aliphatic heterocycles. The average molecular weight is 251 g/mol. The first-order valence-corrected chi connectivity index (χ1v) is 6.09. The van der Waals surface area contributed by atoms with Crippen molar-refractivity contribution >= 4 is 11.6 Å². The summed E-state index contributed by atoms with van der Waals surface area (Å²) in [7, 11) is 0. The molecule has 1 amide bonds. The van der Waals surface area contributed by atoms with Crippen molar-refractivity contribution in [2.45, 2.75) is 32.8 Å². The second-order valence-corrected chi connectivity index (χ2v) is 5.47. The molecule has 1 heterocycles. The molecule has 4 heteroatoms. The van der Waals surface area contributed by atoms with E-state index in [1.165, 1.54) is 12.1 Å². The van der Waals surface area contributed by atoms with Gasteiger partial charge in [0.2, 0.25) is 0 Å². The monoisotopic (exact) mass is 251 g/mol. The van der Waals surface area contributed by atoms with Gasteiger partial charge < -0.3 is 9.64 Å². The number of hydrogen-bond donors (Lipinski definition) is 0. The Kier molecular flexibility index (Phi) is 3.39. The normalized spacial score (nSPS) is 14.8. The number of ether oxygens (including phenoxy) is 1. The molecule has 0 radical (unpaired) electrons. The first kappa shape index (κ1) is 13.0. The lowest BCUT2D eigenvalue weighted by molar-refractivity contribution is -0.127. The molecular formula is C14H18FNO2. The lowest BCUT2D eigenvalue weighted by Crippen LogP contribution is -2.35. The number of benzene rings is 1. The van der Waals surface area contributed by atoms with Gasteiger partial charge in [-0.1, -0.05) is 6.07 Å². The maximum Gasteiger partial charge on any atom is 0.253 e. The van der Waals surface area contributed by atoms with Gasteiger partial charge in [0, 0.05) is 12.2 Å². The molecule has 1 aromatic rings. The molecule has 0 aliphatic carbocycles. The van der Waals surface area contributed by atoms with Crippen LogP contribution < -0.4 is 4.90 Å². The van der Waals surface area contributed by atoms with Crippen molar-refractivity contribution in [2.24, 2.45) is 0 Å². The number of nitrogens with zero attached hydrogens (tertiary/aromatic N) is 1. The molecule has 0 saturated carbocycles. The number of amides is 1. The van der Waals surface area contributed by atoms with Gasteiger partial charge in [-0.05, 0) is 44.9 Å². The van der Waals surface area contributed by atoms with Gasteiger partial charge in [-0.15, -0.1) is 0 Å². The second kappa shape index (κ2) is 4.69. The molecule has 0 unspecified atom stereocenters. The van der Waals surface area contributed by atoms with Gasteiger partial charge in [0.05, 0.1) is 5.60 Å². The molecule has 3 nitrogen and oxygen atoms in total. The summed E-state index contributed by atoms with van der Waals surface area (Å²) in [6.45, 7) is 6.33. The standard InChI is InChI=1S/C14H18FNO2/c1-14(2,3)18-9-13(17)16-7-6-10-4-5-11(15)8-12(10)16/h4-5,8H,6-7,9H2,1-3H3. The molecule has 18 heavy (non-hydrogen) atoms. The van der Waals surface area contributed by atoms with Gasteiger partial charge >= 0.3 is 0 Å². The van der Waals surface area contributed by atoms with E-state index >= 15 is 0 Å². The van der Waals surface area contributed by atoms with Crippen molar-refractivity contribution in [3.05, 3.63) is 29.6 Å². The van der Waals surface area contributed by atoms with E-state index in [2.05, 4.69) is 0 Å². The SMILES string of the molecule is CC(C)(C)OCC(=O)N1CCc2ccc(F)cc21. The van der Waals surface area contributed by atoms with E-state index in [-0.39, 0.29) is 23.9 Å². The summed E-state index contributed by atoms with van der Waals surface area (Å²) in [5.41, 5.74) is 1.35. The minimum absolute atomic E-state index is 0.0272. The van der Waals surface area contributed by atoms with Gasteiger partial charge in [0.15, 0.2) is 0 Å². The van der Waals surface area contributed by atoms with Gasteiger partial charge in [-0.2, -0.15) is 0 Å².